The first-order valence-electron chi connectivity index (χ1n) is 9.44. The Balaban J connectivity index is 2.15. The van der Waals surface area contributed by atoms with Crippen LogP contribution in [0.15, 0.2) is 35.5 Å². The van der Waals surface area contributed by atoms with Gasteiger partial charge in [0.15, 0.2) is 9.84 Å². The third kappa shape index (κ3) is 4.47. The number of hydrogen-bond donors (Lipinski definition) is 2. The van der Waals surface area contributed by atoms with E-state index in [1.54, 1.807) is 20.8 Å². The maximum Gasteiger partial charge on any atom is 0.215 e. The maximum absolute atomic E-state index is 14.1. The molecule has 0 radical (unpaired) electrons. The number of aliphatic hydroxyl groups is 1. The van der Waals surface area contributed by atoms with Crippen LogP contribution >= 0.6 is 0 Å². The molecule has 0 bridgehead atoms. The zero-order chi connectivity index (χ0) is 23.0. The van der Waals surface area contributed by atoms with Crippen molar-refractivity contribution in [1.29, 1.82) is 0 Å². The zero-order valence-corrected chi connectivity index (χ0v) is 18.4. The molecule has 168 valence electrons. The van der Waals surface area contributed by atoms with Crippen molar-refractivity contribution in [2.24, 2.45) is 0 Å². The molecule has 1 atom stereocenters. The number of aliphatic hydroxyl groups excluding tert-OH is 1. The van der Waals surface area contributed by atoms with Crippen molar-refractivity contribution in [3.63, 3.8) is 0 Å². The summed E-state index contributed by atoms with van der Waals surface area (Å²) in [6.45, 7) is 3.84. The monoisotopic (exact) mass is 454 g/mol. The molecule has 0 aromatic carbocycles. The third-order valence-electron chi connectivity index (χ3n) is 4.68. The number of rotatable bonds is 7. The second kappa shape index (κ2) is 8.39. The van der Waals surface area contributed by atoms with Crippen LogP contribution < -0.4 is 10.1 Å². The minimum Gasteiger partial charge on any atom is -0.495 e. The zero-order valence-electron chi connectivity index (χ0n) is 17.6. The van der Waals surface area contributed by atoms with Gasteiger partial charge in [-0.25, -0.2) is 22.8 Å². The number of anilines is 1. The molecule has 8 nitrogen and oxygen atoms in total. The SMILES string of the molecule is COc1cc2ncc(-c3cc(F)nc(NC[C@@H](F)CO)c3)n2cc1S(=O)(=O)C(C)(C)C. The summed E-state index contributed by atoms with van der Waals surface area (Å²) in [4.78, 5) is 7.92. The summed E-state index contributed by atoms with van der Waals surface area (Å²) in [7, 11) is -2.39. The number of halogens is 2. The fourth-order valence-corrected chi connectivity index (χ4v) is 4.22. The molecule has 0 unspecified atom stereocenters. The van der Waals surface area contributed by atoms with Gasteiger partial charge in [0.25, 0.3) is 0 Å². The van der Waals surface area contributed by atoms with Crippen molar-refractivity contribution in [3.05, 3.63) is 36.5 Å². The molecule has 3 aromatic heterocycles. The summed E-state index contributed by atoms with van der Waals surface area (Å²) >= 11 is 0. The van der Waals surface area contributed by atoms with E-state index in [1.807, 2.05) is 0 Å². The Morgan fingerprint density at radius 3 is 2.61 bits per heavy atom. The van der Waals surface area contributed by atoms with Crippen molar-refractivity contribution in [1.82, 2.24) is 14.4 Å². The Kier molecular flexibility index (Phi) is 6.19. The molecule has 0 spiro atoms. The fourth-order valence-electron chi connectivity index (χ4n) is 2.91. The molecule has 0 saturated heterocycles. The molecule has 3 rings (SSSR count). The highest BCUT2D eigenvalue weighted by Crippen LogP contribution is 2.34. The van der Waals surface area contributed by atoms with Gasteiger partial charge in [-0.05, 0) is 26.8 Å². The largest absolute Gasteiger partial charge is 0.495 e. The van der Waals surface area contributed by atoms with Gasteiger partial charge in [-0.2, -0.15) is 4.39 Å². The van der Waals surface area contributed by atoms with E-state index in [1.165, 1.54) is 36.0 Å². The van der Waals surface area contributed by atoms with Gasteiger partial charge >= 0.3 is 0 Å². The van der Waals surface area contributed by atoms with Crippen LogP contribution in [0.1, 0.15) is 20.8 Å². The Morgan fingerprint density at radius 1 is 1.29 bits per heavy atom. The molecular formula is C20H24F2N4O4S. The highest BCUT2D eigenvalue weighted by Gasteiger charge is 2.34. The van der Waals surface area contributed by atoms with Crippen molar-refractivity contribution in [2.45, 2.75) is 36.6 Å². The summed E-state index contributed by atoms with van der Waals surface area (Å²) in [5.41, 5.74) is 1.16. The van der Waals surface area contributed by atoms with Crippen molar-refractivity contribution < 1.29 is 27.0 Å². The van der Waals surface area contributed by atoms with E-state index in [9.17, 15) is 17.2 Å². The molecule has 2 N–H and O–H groups in total. The lowest BCUT2D eigenvalue weighted by Crippen LogP contribution is -2.28. The molecule has 0 aliphatic heterocycles. The molecular weight excluding hydrogens is 430 g/mol. The Morgan fingerprint density at radius 2 is 2.00 bits per heavy atom. The first-order valence-corrected chi connectivity index (χ1v) is 10.9. The number of ether oxygens (including phenoxy) is 1. The molecule has 0 saturated carbocycles. The van der Waals surface area contributed by atoms with Crippen LogP contribution in [0, 0.1) is 5.95 Å². The number of methoxy groups -OCH3 is 1. The lowest BCUT2D eigenvalue weighted by molar-refractivity contribution is 0.186. The van der Waals surface area contributed by atoms with Gasteiger partial charge < -0.3 is 15.2 Å². The Labute approximate surface area is 178 Å². The van der Waals surface area contributed by atoms with E-state index in [-0.39, 0.29) is 23.0 Å². The number of nitrogens with zero attached hydrogens (tertiary/aromatic N) is 3. The summed E-state index contributed by atoms with van der Waals surface area (Å²) in [6, 6.07) is 4.14. The third-order valence-corrected chi connectivity index (χ3v) is 7.18. The fraction of sp³-hybridized carbons (Fsp3) is 0.400. The number of sulfone groups is 1. The van der Waals surface area contributed by atoms with E-state index in [0.717, 1.165) is 6.07 Å². The van der Waals surface area contributed by atoms with E-state index in [4.69, 9.17) is 9.84 Å². The highest BCUT2D eigenvalue weighted by atomic mass is 32.2. The van der Waals surface area contributed by atoms with Gasteiger partial charge in [-0.15, -0.1) is 0 Å². The number of aromatic nitrogens is 3. The smallest absolute Gasteiger partial charge is 0.215 e. The molecule has 3 heterocycles. The molecule has 0 amide bonds. The van der Waals surface area contributed by atoms with E-state index in [2.05, 4.69) is 15.3 Å². The summed E-state index contributed by atoms with van der Waals surface area (Å²) < 4.78 is 59.3. The van der Waals surface area contributed by atoms with Crippen LogP contribution in [-0.2, 0) is 9.84 Å². The number of imidazole rings is 1. The quantitative estimate of drug-likeness (QED) is 0.529. The lowest BCUT2D eigenvalue weighted by Gasteiger charge is -2.21. The minimum atomic E-state index is -3.76. The number of pyridine rings is 2. The van der Waals surface area contributed by atoms with E-state index >= 15 is 0 Å². The molecule has 0 fully saturated rings. The summed E-state index contributed by atoms with van der Waals surface area (Å²) in [5.74, 6) is -0.594. The summed E-state index contributed by atoms with van der Waals surface area (Å²) in [5, 5.41) is 11.4. The van der Waals surface area contributed by atoms with Crippen LogP contribution in [0.3, 0.4) is 0 Å². The van der Waals surface area contributed by atoms with Crippen LogP contribution in [0.2, 0.25) is 0 Å². The van der Waals surface area contributed by atoms with Gasteiger partial charge in [-0.1, -0.05) is 0 Å². The van der Waals surface area contributed by atoms with Crippen LogP contribution in [-0.4, -0.2) is 59.1 Å². The van der Waals surface area contributed by atoms with Crippen molar-refractivity contribution >= 4 is 21.3 Å². The summed E-state index contributed by atoms with van der Waals surface area (Å²) in [6.07, 6.45) is 1.33. The number of fused-ring (bicyclic) bond motifs is 1. The van der Waals surface area contributed by atoms with Gasteiger partial charge in [-0.3, -0.25) is 4.40 Å². The average Bonchev–Trinajstić information content (AvgIpc) is 3.12. The van der Waals surface area contributed by atoms with E-state index < -0.39 is 33.3 Å². The molecule has 0 aliphatic rings. The first kappa shape index (κ1) is 22.9. The molecule has 3 aromatic rings. The number of nitrogens with one attached hydrogen (secondary N) is 1. The number of hydrogen-bond acceptors (Lipinski definition) is 7. The van der Waals surface area contributed by atoms with E-state index in [0.29, 0.717) is 16.9 Å². The molecule has 11 heteroatoms. The average molecular weight is 454 g/mol. The van der Waals surface area contributed by atoms with Crippen molar-refractivity contribution in [3.8, 4) is 17.0 Å². The normalized spacial score (nSPS) is 13.4. The lowest BCUT2D eigenvalue weighted by atomic mass is 10.2. The Hall–Kier alpha value is -2.79. The molecule has 0 aliphatic carbocycles. The minimum absolute atomic E-state index is 0.0228. The van der Waals surface area contributed by atoms with Crippen LogP contribution in [0.5, 0.6) is 5.75 Å². The second-order valence-corrected chi connectivity index (χ2v) is 10.6. The predicted molar refractivity (Wildman–Crippen MR) is 112 cm³/mol. The predicted octanol–water partition coefficient (Wildman–Crippen LogP) is 2.86. The first-order chi connectivity index (χ1) is 14.5. The molecule has 31 heavy (non-hydrogen) atoms. The number of alkyl halides is 1. The van der Waals surface area contributed by atoms with Gasteiger partial charge in [0, 0.05) is 30.4 Å². The van der Waals surface area contributed by atoms with Gasteiger partial charge in [0.2, 0.25) is 5.95 Å². The Bertz CT molecular complexity index is 1210. The highest BCUT2D eigenvalue weighted by molar-refractivity contribution is 7.92. The van der Waals surface area contributed by atoms with Crippen LogP contribution in [0.4, 0.5) is 14.6 Å². The standard InChI is InChI=1S/C20H24F2N4O4S/c1-20(2,3)31(28,29)16-10-26-14(9-24-19(26)7-15(16)30-4)12-5-17(22)25-18(6-12)23-8-13(21)11-27/h5-7,9-10,13,27H,8,11H2,1-4H3,(H,23,25)/t13-/m1/s1. The van der Waals surface area contributed by atoms with Gasteiger partial charge in [0.1, 0.15) is 28.3 Å². The maximum atomic E-state index is 14.1. The van der Waals surface area contributed by atoms with Crippen LogP contribution in [0.25, 0.3) is 16.9 Å². The second-order valence-electron chi connectivity index (χ2n) is 7.92. The van der Waals surface area contributed by atoms with Gasteiger partial charge in [0.05, 0.1) is 30.4 Å². The topological polar surface area (TPSA) is 106 Å². The van der Waals surface area contributed by atoms with Crippen molar-refractivity contribution in [2.75, 3.05) is 25.6 Å².